The third-order valence-electron chi connectivity index (χ3n) is 7.51. The number of hydrogen-bond acceptors (Lipinski definition) is 2. The van der Waals surface area contributed by atoms with E-state index >= 15 is 0 Å². The number of anilines is 1. The molecule has 0 N–H and O–H groups in total. The van der Waals surface area contributed by atoms with Gasteiger partial charge < -0.3 is 9.80 Å². The summed E-state index contributed by atoms with van der Waals surface area (Å²) >= 11 is 0. The predicted molar refractivity (Wildman–Crippen MR) is 152 cm³/mol. The molecule has 194 valence electrons. The van der Waals surface area contributed by atoms with E-state index in [0.717, 1.165) is 0 Å². The molecule has 0 aliphatic carbocycles. The highest BCUT2D eigenvalue weighted by Gasteiger charge is 2.26. The SMILES string of the molecule is CCCCCCCCCCCCC1N(CCCCCCCCCCC)C=CN1c1ccccc1. The fourth-order valence-electron chi connectivity index (χ4n) is 5.32. The Morgan fingerprint density at radius 2 is 1.00 bits per heavy atom. The first kappa shape index (κ1) is 28.8. The van der Waals surface area contributed by atoms with Crippen LogP contribution in [0.3, 0.4) is 0 Å². The first-order valence-electron chi connectivity index (χ1n) is 15.1. The molecule has 0 radical (unpaired) electrons. The molecule has 1 atom stereocenters. The standard InChI is InChI=1S/C32H56N2/c1-3-5-7-9-11-13-14-16-18-23-27-32-33(28-24-19-17-15-12-10-8-6-4-2)29-30-34(32)31-25-21-20-22-26-31/h20-22,25-26,29-30,32H,3-19,23-24,27-28H2,1-2H3. The van der Waals surface area contributed by atoms with E-state index in [4.69, 9.17) is 0 Å². The molecule has 2 rings (SSSR count). The van der Waals surface area contributed by atoms with Gasteiger partial charge in [-0.3, -0.25) is 0 Å². The summed E-state index contributed by atoms with van der Waals surface area (Å²) in [4.78, 5) is 5.14. The van der Waals surface area contributed by atoms with Crippen molar-refractivity contribution in [2.45, 2.75) is 148 Å². The number of para-hydroxylation sites is 1. The lowest BCUT2D eigenvalue weighted by Gasteiger charge is -2.33. The summed E-state index contributed by atoms with van der Waals surface area (Å²) in [6.45, 7) is 5.81. The van der Waals surface area contributed by atoms with E-state index in [0.29, 0.717) is 6.17 Å². The second-order valence-electron chi connectivity index (χ2n) is 10.6. The van der Waals surface area contributed by atoms with Gasteiger partial charge in [0.2, 0.25) is 0 Å². The lowest BCUT2D eigenvalue weighted by atomic mass is 10.0. The van der Waals surface area contributed by atoms with Crippen LogP contribution in [0.5, 0.6) is 0 Å². The van der Waals surface area contributed by atoms with Crippen molar-refractivity contribution >= 4 is 5.69 Å². The number of benzene rings is 1. The van der Waals surface area contributed by atoms with Crippen molar-refractivity contribution < 1.29 is 0 Å². The number of hydrogen-bond donors (Lipinski definition) is 0. The summed E-state index contributed by atoms with van der Waals surface area (Å²) in [7, 11) is 0. The van der Waals surface area contributed by atoms with Crippen molar-refractivity contribution in [1.82, 2.24) is 4.90 Å². The smallest absolute Gasteiger partial charge is 0.105 e. The quantitative estimate of drug-likeness (QED) is 0.156. The van der Waals surface area contributed by atoms with Crippen LogP contribution in [0.25, 0.3) is 0 Å². The van der Waals surface area contributed by atoms with E-state index in [1.54, 1.807) is 0 Å². The first-order chi connectivity index (χ1) is 16.9. The van der Waals surface area contributed by atoms with E-state index in [-0.39, 0.29) is 0 Å². The van der Waals surface area contributed by atoms with Gasteiger partial charge in [-0.05, 0) is 31.4 Å². The van der Waals surface area contributed by atoms with E-state index in [1.807, 2.05) is 0 Å². The highest BCUT2D eigenvalue weighted by atomic mass is 15.4. The van der Waals surface area contributed by atoms with Gasteiger partial charge in [-0.25, -0.2) is 0 Å². The molecule has 0 aromatic heterocycles. The third kappa shape index (κ3) is 12.3. The molecule has 34 heavy (non-hydrogen) atoms. The van der Waals surface area contributed by atoms with E-state index < -0.39 is 0 Å². The molecule has 0 saturated carbocycles. The summed E-state index contributed by atoms with van der Waals surface area (Å²) in [5, 5.41) is 0. The molecule has 0 spiro atoms. The van der Waals surface area contributed by atoms with Crippen molar-refractivity contribution in [1.29, 1.82) is 0 Å². The lowest BCUT2D eigenvalue weighted by Crippen LogP contribution is -2.39. The fourth-order valence-corrected chi connectivity index (χ4v) is 5.32. The van der Waals surface area contributed by atoms with Gasteiger partial charge in [0.25, 0.3) is 0 Å². The summed E-state index contributed by atoms with van der Waals surface area (Å²) in [5.41, 5.74) is 1.34. The van der Waals surface area contributed by atoms with E-state index in [1.165, 1.54) is 141 Å². The Labute approximate surface area is 213 Å². The van der Waals surface area contributed by atoms with Crippen LogP contribution in [-0.4, -0.2) is 17.6 Å². The van der Waals surface area contributed by atoms with Crippen LogP contribution in [-0.2, 0) is 0 Å². The van der Waals surface area contributed by atoms with Gasteiger partial charge in [-0.2, -0.15) is 0 Å². The zero-order valence-electron chi connectivity index (χ0n) is 22.9. The highest BCUT2D eigenvalue weighted by Crippen LogP contribution is 2.28. The van der Waals surface area contributed by atoms with Crippen LogP contribution < -0.4 is 4.90 Å². The minimum atomic E-state index is 0.505. The summed E-state index contributed by atoms with van der Waals surface area (Å²) in [6, 6.07) is 11.0. The summed E-state index contributed by atoms with van der Waals surface area (Å²) < 4.78 is 0. The number of unbranched alkanes of at least 4 members (excludes halogenated alkanes) is 17. The molecule has 1 aliphatic heterocycles. The van der Waals surface area contributed by atoms with Gasteiger partial charge in [-0.15, -0.1) is 0 Å². The van der Waals surface area contributed by atoms with Crippen LogP contribution >= 0.6 is 0 Å². The molecular weight excluding hydrogens is 412 g/mol. The first-order valence-corrected chi connectivity index (χ1v) is 15.1. The molecule has 1 heterocycles. The lowest BCUT2D eigenvalue weighted by molar-refractivity contribution is 0.273. The Morgan fingerprint density at radius 3 is 1.53 bits per heavy atom. The van der Waals surface area contributed by atoms with Crippen LogP contribution in [0.2, 0.25) is 0 Å². The number of rotatable bonds is 22. The molecule has 1 unspecified atom stereocenters. The molecule has 2 nitrogen and oxygen atoms in total. The van der Waals surface area contributed by atoms with Gasteiger partial charge in [0.1, 0.15) is 6.17 Å². The second kappa shape index (κ2) is 19.8. The molecule has 0 bridgehead atoms. The molecule has 0 saturated heterocycles. The Bertz CT molecular complexity index is 596. The van der Waals surface area contributed by atoms with Crippen molar-refractivity contribution in [2.24, 2.45) is 0 Å². The monoisotopic (exact) mass is 468 g/mol. The zero-order valence-corrected chi connectivity index (χ0v) is 22.9. The van der Waals surface area contributed by atoms with Gasteiger partial charge in [0, 0.05) is 24.6 Å². The zero-order chi connectivity index (χ0) is 24.1. The highest BCUT2D eigenvalue weighted by molar-refractivity contribution is 5.51. The molecule has 0 amide bonds. The van der Waals surface area contributed by atoms with Crippen molar-refractivity contribution in [3.8, 4) is 0 Å². The Hall–Kier alpha value is -1.44. The van der Waals surface area contributed by atoms with Crippen LogP contribution in [0, 0.1) is 0 Å². The molecule has 2 heteroatoms. The van der Waals surface area contributed by atoms with Crippen molar-refractivity contribution in [3.05, 3.63) is 42.7 Å². The number of nitrogens with zero attached hydrogens (tertiary/aromatic N) is 2. The topological polar surface area (TPSA) is 6.48 Å². The maximum atomic E-state index is 2.63. The molecule has 1 aliphatic rings. The van der Waals surface area contributed by atoms with Crippen molar-refractivity contribution in [3.63, 3.8) is 0 Å². The maximum Gasteiger partial charge on any atom is 0.105 e. The van der Waals surface area contributed by atoms with E-state index in [2.05, 4.69) is 66.4 Å². The molecule has 1 aromatic carbocycles. The van der Waals surface area contributed by atoms with Gasteiger partial charge in [-0.1, -0.05) is 141 Å². The Morgan fingerprint density at radius 1 is 0.529 bits per heavy atom. The predicted octanol–water partition coefficient (Wildman–Crippen LogP) is 10.4. The largest absolute Gasteiger partial charge is 0.356 e. The maximum absolute atomic E-state index is 2.63. The van der Waals surface area contributed by atoms with Crippen molar-refractivity contribution in [2.75, 3.05) is 11.4 Å². The van der Waals surface area contributed by atoms with Gasteiger partial charge in [0.15, 0.2) is 0 Å². The average Bonchev–Trinajstić information content (AvgIpc) is 3.27. The summed E-state index contributed by atoms with van der Waals surface area (Å²) in [5.74, 6) is 0. The minimum Gasteiger partial charge on any atom is -0.356 e. The minimum absolute atomic E-state index is 0.505. The molecule has 1 aromatic rings. The van der Waals surface area contributed by atoms with E-state index in [9.17, 15) is 0 Å². The average molecular weight is 469 g/mol. The van der Waals surface area contributed by atoms with Crippen LogP contribution in [0.4, 0.5) is 5.69 Å². The normalized spacial score (nSPS) is 15.5. The van der Waals surface area contributed by atoms with Gasteiger partial charge >= 0.3 is 0 Å². The molecular formula is C32H56N2. The third-order valence-corrected chi connectivity index (χ3v) is 7.51. The summed E-state index contributed by atoms with van der Waals surface area (Å²) in [6.07, 6.45) is 33.2. The molecule has 0 fully saturated rings. The fraction of sp³-hybridized carbons (Fsp3) is 0.750. The van der Waals surface area contributed by atoms with Gasteiger partial charge in [0.05, 0.1) is 0 Å². The second-order valence-corrected chi connectivity index (χ2v) is 10.6. The Balaban J connectivity index is 1.65. The van der Waals surface area contributed by atoms with Crippen LogP contribution in [0.15, 0.2) is 42.7 Å². The Kier molecular flexibility index (Phi) is 16.8. The van der Waals surface area contributed by atoms with Crippen LogP contribution in [0.1, 0.15) is 142 Å².